The van der Waals surface area contributed by atoms with Crippen LogP contribution in [0.4, 0.5) is 14.9 Å². The topological polar surface area (TPSA) is 108 Å². The molecule has 0 fully saturated rings. The van der Waals surface area contributed by atoms with Gasteiger partial charge in [-0.25, -0.2) is 24.1 Å². The largest absolute Gasteiger partial charge is 0.487 e. The first-order valence-corrected chi connectivity index (χ1v) is 13.4. The van der Waals surface area contributed by atoms with E-state index in [0.29, 0.717) is 37.8 Å². The van der Waals surface area contributed by atoms with E-state index >= 15 is 4.39 Å². The second kappa shape index (κ2) is 10.7. The van der Waals surface area contributed by atoms with Crippen molar-refractivity contribution in [1.82, 2.24) is 19.9 Å². The number of halogens is 2. The SMILES string of the molecule is COc1cnc2c(-c3nc4c(Cl)c(F)c(OCCOC(=O)Nc5cnc6c(c5)C=CC6)cc4s3)cc(C)cc2n1. The molecule has 0 atom stereocenters. The number of hydrogen-bond donors (Lipinski definition) is 1. The van der Waals surface area contributed by atoms with E-state index in [0.717, 1.165) is 28.8 Å². The molecule has 0 bridgehead atoms. The number of benzene rings is 2. The van der Waals surface area contributed by atoms with E-state index in [9.17, 15) is 4.79 Å². The minimum absolute atomic E-state index is 0.0649. The van der Waals surface area contributed by atoms with Crippen LogP contribution in [0.3, 0.4) is 0 Å². The fourth-order valence-electron chi connectivity index (χ4n) is 4.34. The number of aromatic nitrogens is 4. The number of hydrogen-bond acceptors (Lipinski definition) is 9. The van der Waals surface area contributed by atoms with Gasteiger partial charge in [0.1, 0.15) is 28.8 Å². The van der Waals surface area contributed by atoms with Gasteiger partial charge in [-0.15, -0.1) is 11.3 Å². The van der Waals surface area contributed by atoms with Crippen molar-refractivity contribution in [3.05, 3.63) is 70.4 Å². The van der Waals surface area contributed by atoms with Gasteiger partial charge in [-0.1, -0.05) is 23.8 Å². The summed E-state index contributed by atoms with van der Waals surface area (Å²) in [7, 11) is 1.53. The van der Waals surface area contributed by atoms with Crippen LogP contribution in [0.1, 0.15) is 16.8 Å². The summed E-state index contributed by atoms with van der Waals surface area (Å²) in [6.45, 7) is 1.76. The third-order valence-electron chi connectivity index (χ3n) is 6.17. The van der Waals surface area contributed by atoms with E-state index in [4.69, 9.17) is 25.8 Å². The number of nitrogens with one attached hydrogen (secondary N) is 1. The maximum atomic E-state index is 15.1. The molecule has 1 aliphatic carbocycles. The van der Waals surface area contributed by atoms with E-state index in [-0.39, 0.29) is 24.0 Å². The molecular formula is C28H21ClFN5O4S. The van der Waals surface area contributed by atoms with Gasteiger partial charge in [0.05, 0.1) is 46.6 Å². The predicted octanol–water partition coefficient (Wildman–Crippen LogP) is 6.61. The van der Waals surface area contributed by atoms with Gasteiger partial charge in [-0.2, -0.15) is 0 Å². The van der Waals surface area contributed by atoms with Crippen molar-refractivity contribution < 1.29 is 23.4 Å². The molecule has 12 heteroatoms. The van der Waals surface area contributed by atoms with Crippen LogP contribution in [-0.4, -0.2) is 46.4 Å². The molecule has 0 spiro atoms. The molecule has 0 unspecified atom stereocenters. The molecule has 5 aromatic rings. The highest BCUT2D eigenvalue weighted by Gasteiger charge is 2.20. The number of methoxy groups -OCH3 is 1. The molecule has 202 valence electrons. The Kier molecular flexibility index (Phi) is 6.91. The Morgan fingerprint density at radius 1 is 1.12 bits per heavy atom. The number of nitrogens with zero attached hydrogens (tertiary/aromatic N) is 4. The van der Waals surface area contributed by atoms with E-state index in [1.54, 1.807) is 6.20 Å². The van der Waals surface area contributed by atoms with E-state index < -0.39 is 11.9 Å². The van der Waals surface area contributed by atoms with E-state index in [2.05, 4.69) is 25.3 Å². The van der Waals surface area contributed by atoms with Crippen LogP contribution in [0.15, 0.2) is 42.7 Å². The Morgan fingerprint density at radius 2 is 2.00 bits per heavy atom. The van der Waals surface area contributed by atoms with Crippen molar-refractivity contribution in [3.63, 3.8) is 0 Å². The number of carbonyl (C=O) groups is 1. The van der Waals surface area contributed by atoms with Crippen LogP contribution < -0.4 is 14.8 Å². The first-order valence-electron chi connectivity index (χ1n) is 12.2. The molecular weight excluding hydrogens is 557 g/mol. The normalized spacial score (nSPS) is 12.1. The second-order valence-electron chi connectivity index (χ2n) is 8.94. The predicted molar refractivity (Wildman–Crippen MR) is 152 cm³/mol. The summed E-state index contributed by atoms with van der Waals surface area (Å²) in [6.07, 6.45) is 7.17. The molecule has 1 amide bonds. The van der Waals surface area contributed by atoms with Crippen molar-refractivity contribution in [2.75, 3.05) is 25.6 Å². The number of pyridine rings is 1. The Labute approximate surface area is 236 Å². The number of fused-ring (bicyclic) bond motifs is 3. The number of carbonyl (C=O) groups excluding carboxylic acids is 1. The number of aryl methyl sites for hydroxylation is 1. The summed E-state index contributed by atoms with van der Waals surface area (Å²) >= 11 is 7.68. The van der Waals surface area contributed by atoms with Gasteiger partial charge in [0.15, 0.2) is 11.6 Å². The Morgan fingerprint density at radius 3 is 2.85 bits per heavy atom. The summed E-state index contributed by atoms with van der Waals surface area (Å²) < 4.78 is 31.6. The van der Waals surface area contributed by atoms with Crippen LogP contribution in [-0.2, 0) is 11.2 Å². The smallest absolute Gasteiger partial charge is 0.411 e. The average Bonchev–Trinajstić information content (AvgIpc) is 3.59. The molecule has 40 heavy (non-hydrogen) atoms. The van der Waals surface area contributed by atoms with Crippen LogP contribution in [0.25, 0.3) is 37.9 Å². The van der Waals surface area contributed by atoms with Gasteiger partial charge in [0.25, 0.3) is 0 Å². The van der Waals surface area contributed by atoms with Crippen molar-refractivity contribution in [2.24, 2.45) is 0 Å². The summed E-state index contributed by atoms with van der Waals surface area (Å²) in [4.78, 5) is 30.0. The van der Waals surface area contributed by atoms with Gasteiger partial charge in [-0.05, 0) is 36.2 Å². The van der Waals surface area contributed by atoms with Crippen LogP contribution in [0.5, 0.6) is 11.6 Å². The van der Waals surface area contributed by atoms with Gasteiger partial charge in [-0.3, -0.25) is 10.3 Å². The summed E-state index contributed by atoms with van der Waals surface area (Å²) in [5, 5.41) is 3.08. The van der Waals surface area contributed by atoms with E-state index in [1.165, 1.54) is 30.7 Å². The molecule has 0 radical (unpaired) electrons. The Hall–Kier alpha value is -4.35. The van der Waals surface area contributed by atoms with Crippen LogP contribution in [0.2, 0.25) is 5.02 Å². The lowest BCUT2D eigenvalue weighted by Crippen LogP contribution is -2.18. The summed E-state index contributed by atoms with van der Waals surface area (Å²) in [5.74, 6) is -0.407. The third-order valence-corrected chi connectivity index (χ3v) is 7.55. The first kappa shape index (κ1) is 25.9. The summed E-state index contributed by atoms with van der Waals surface area (Å²) in [5.41, 5.74) is 5.75. The number of ether oxygens (including phenoxy) is 3. The number of amides is 1. The number of allylic oxidation sites excluding steroid dienone is 1. The lowest BCUT2D eigenvalue weighted by atomic mass is 10.1. The highest BCUT2D eigenvalue weighted by molar-refractivity contribution is 7.21. The van der Waals surface area contributed by atoms with Gasteiger partial charge in [0, 0.05) is 18.1 Å². The lowest BCUT2D eigenvalue weighted by Gasteiger charge is -2.10. The van der Waals surface area contributed by atoms with Crippen molar-refractivity contribution in [2.45, 2.75) is 13.3 Å². The molecule has 3 heterocycles. The van der Waals surface area contributed by atoms with Gasteiger partial charge < -0.3 is 14.2 Å². The maximum Gasteiger partial charge on any atom is 0.411 e. The minimum Gasteiger partial charge on any atom is -0.487 e. The summed E-state index contributed by atoms with van der Waals surface area (Å²) in [6, 6.07) is 7.21. The highest BCUT2D eigenvalue weighted by atomic mass is 35.5. The quantitative estimate of drug-likeness (QED) is 0.215. The van der Waals surface area contributed by atoms with Gasteiger partial charge >= 0.3 is 6.09 Å². The monoisotopic (exact) mass is 577 g/mol. The number of thiazole rings is 1. The van der Waals surface area contributed by atoms with Crippen LogP contribution >= 0.6 is 22.9 Å². The highest BCUT2D eigenvalue weighted by Crippen LogP contribution is 2.40. The van der Waals surface area contributed by atoms with E-state index in [1.807, 2.05) is 37.3 Å². The molecule has 1 N–H and O–H groups in total. The zero-order chi connectivity index (χ0) is 27.8. The molecule has 3 aromatic heterocycles. The maximum absolute atomic E-state index is 15.1. The lowest BCUT2D eigenvalue weighted by molar-refractivity contribution is 0.136. The second-order valence-corrected chi connectivity index (χ2v) is 10.3. The van der Waals surface area contributed by atoms with Crippen LogP contribution in [0, 0.1) is 12.7 Å². The Balaban J connectivity index is 1.16. The van der Waals surface area contributed by atoms with Crippen molar-refractivity contribution in [1.29, 1.82) is 0 Å². The minimum atomic E-state index is -0.744. The fraction of sp³-hybridized carbons (Fsp3) is 0.179. The molecule has 0 aliphatic heterocycles. The molecule has 0 saturated carbocycles. The zero-order valence-electron chi connectivity index (χ0n) is 21.3. The number of rotatable bonds is 7. The first-order chi connectivity index (χ1) is 19.4. The molecule has 6 rings (SSSR count). The molecule has 9 nitrogen and oxygen atoms in total. The Bertz CT molecular complexity index is 1830. The third kappa shape index (κ3) is 5.01. The molecule has 2 aromatic carbocycles. The number of anilines is 1. The fourth-order valence-corrected chi connectivity index (χ4v) is 5.66. The van der Waals surface area contributed by atoms with Gasteiger partial charge in [0.2, 0.25) is 5.88 Å². The molecule has 1 aliphatic rings. The van der Waals surface area contributed by atoms with Crippen molar-refractivity contribution >= 4 is 62.0 Å². The molecule has 0 saturated heterocycles. The zero-order valence-corrected chi connectivity index (χ0v) is 22.9. The van der Waals surface area contributed by atoms with Crippen molar-refractivity contribution in [3.8, 4) is 22.2 Å². The average molecular weight is 578 g/mol. The standard InChI is InChI=1S/C28H21ClFN5O4S/c1-14-8-17(25-19(9-14)34-22(37-2)13-32-25)27-35-26-21(40-27)11-20(24(30)23(26)29)38-6-7-39-28(36)33-16-10-15-4-3-5-18(15)31-12-16/h3-4,8-13H,5-7H2,1-2H3,(H,33,36).